The Kier molecular flexibility index (Phi) is 6.21. The fourth-order valence-corrected chi connectivity index (χ4v) is 3.05. The zero-order chi connectivity index (χ0) is 21.0. The van der Waals surface area contributed by atoms with E-state index in [9.17, 15) is 22.8 Å². The number of hydrogen-bond acceptors (Lipinski definition) is 5. The predicted molar refractivity (Wildman–Crippen MR) is 96.2 cm³/mol. The number of ether oxygens (including phenoxy) is 1. The molecule has 1 atom stereocenters. The van der Waals surface area contributed by atoms with Gasteiger partial charge < -0.3 is 19.5 Å². The lowest BCUT2D eigenvalue weighted by atomic mass is 10.1. The van der Waals surface area contributed by atoms with Crippen LogP contribution in [0.1, 0.15) is 34.5 Å². The Morgan fingerprint density at radius 1 is 1.31 bits per heavy atom. The molecule has 0 bridgehead atoms. The third-order valence-corrected chi connectivity index (χ3v) is 4.40. The van der Waals surface area contributed by atoms with Crippen LogP contribution < -0.4 is 5.32 Å². The highest BCUT2D eigenvalue weighted by atomic mass is 19.4. The van der Waals surface area contributed by atoms with E-state index in [2.05, 4.69) is 10.5 Å². The lowest BCUT2D eigenvalue weighted by molar-refractivity contribution is -0.137. The summed E-state index contributed by atoms with van der Waals surface area (Å²) in [5.41, 5.74) is -1.08. The Morgan fingerprint density at radius 2 is 2.10 bits per heavy atom. The van der Waals surface area contributed by atoms with Crippen LogP contribution in [0.3, 0.4) is 0 Å². The molecule has 1 aliphatic rings. The maximum Gasteiger partial charge on any atom is 0.416 e. The Hall–Kier alpha value is -2.88. The molecule has 3 rings (SSSR count). The first-order valence-corrected chi connectivity index (χ1v) is 9.03. The van der Waals surface area contributed by atoms with E-state index in [1.54, 1.807) is 6.92 Å². The number of amides is 2. The number of nitrogens with one attached hydrogen (secondary N) is 1. The average Bonchev–Trinajstić information content (AvgIpc) is 3.31. The van der Waals surface area contributed by atoms with Crippen molar-refractivity contribution < 1.29 is 32.0 Å². The van der Waals surface area contributed by atoms with Crippen molar-refractivity contribution in [1.82, 2.24) is 10.1 Å². The second-order valence-electron chi connectivity index (χ2n) is 6.77. The van der Waals surface area contributed by atoms with Crippen molar-refractivity contribution >= 4 is 17.6 Å². The molecule has 1 N–H and O–H groups in total. The molecule has 1 unspecified atom stereocenters. The van der Waals surface area contributed by atoms with Crippen LogP contribution in [0.4, 0.5) is 19.0 Å². The van der Waals surface area contributed by atoms with Gasteiger partial charge in [-0.05, 0) is 38.0 Å². The van der Waals surface area contributed by atoms with Crippen LogP contribution in [0, 0.1) is 6.92 Å². The van der Waals surface area contributed by atoms with Crippen LogP contribution in [-0.2, 0) is 15.7 Å². The van der Waals surface area contributed by atoms with Gasteiger partial charge in [0.2, 0.25) is 5.91 Å². The van der Waals surface area contributed by atoms with E-state index in [-0.39, 0.29) is 30.6 Å². The number of alkyl halides is 3. The smallest absolute Gasteiger partial charge is 0.376 e. The normalized spacial score (nSPS) is 16.6. The molecule has 1 aromatic carbocycles. The number of hydrogen-bond donors (Lipinski definition) is 1. The summed E-state index contributed by atoms with van der Waals surface area (Å²) in [7, 11) is 0. The molecule has 1 aliphatic heterocycles. The zero-order valence-corrected chi connectivity index (χ0v) is 15.7. The largest absolute Gasteiger partial charge is 0.416 e. The number of anilines is 1. The van der Waals surface area contributed by atoms with E-state index >= 15 is 0 Å². The van der Waals surface area contributed by atoms with Crippen molar-refractivity contribution in [1.29, 1.82) is 0 Å². The Morgan fingerprint density at radius 3 is 2.72 bits per heavy atom. The lowest BCUT2D eigenvalue weighted by Gasteiger charge is -2.25. The number of halogens is 3. The minimum absolute atomic E-state index is 0.0976. The van der Waals surface area contributed by atoms with E-state index in [0.717, 1.165) is 18.6 Å². The fourth-order valence-electron chi connectivity index (χ4n) is 3.05. The minimum atomic E-state index is -4.57. The third kappa shape index (κ3) is 5.57. The summed E-state index contributed by atoms with van der Waals surface area (Å²) in [5.74, 6) is -0.539. The van der Waals surface area contributed by atoms with Gasteiger partial charge in [-0.15, -0.1) is 0 Å². The van der Waals surface area contributed by atoms with Crippen LogP contribution in [0.25, 0.3) is 0 Å². The molecular formula is C19H20F3N3O4. The number of rotatable bonds is 6. The van der Waals surface area contributed by atoms with Gasteiger partial charge in [-0.25, -0.2) is 0 Å². The van der Waals surface area contributed by atoms with Crippen molar-refractivity contribution in [3.05, 3.63) is 47.2 Å². The van der Waals surface area contributed by atoms with Gasteiger partial charge in [0.15, 0.2) is 5.82 Å². The molecule has 0 aliphatic carbocycles. The average molecular weight is 411 g/mol. The zero-order valence-electron chi connectivity index (χ0n) is 15.7. The molecule has 2 amide bonds. The first kappa shape index (κ1) is 20.8. The molecule has 1 fully saturated rings. The molecule has 2 heterocycles. The van der Waals surface area contributed by atoms with Crippen LogP contribution in [-0.4, -0.2) is 47.7 Å². The summed E-state index contributed by atoms with van der Waals surface area (Å²) in [6, 6.07) is 5.64. The van der Waals surface area contributed by atoms with Crippen molar-refractivity contribution in [2.24, 2.45) is 0 Å². The highest BCUT2D eigenvalue weighted by Gasteiger charge is 2.32. The summed E-state index contributed by atoms with van der Waals surface area (Å²) in [6.45, 7) is 1.94. The standard InChI is InChI=1S/C19H20F3N3O4/c1-12-8-16(24-29-12)23-17(26)11-25(10-15-6-3-7-28-15)18(27)13-4-2-5-14(9-13)19(20,21)22/h2,4-5,8-9,15H,3,6-7,10-11H2,1H3,(H,23,24,26). The van der Waals surface area contributed by atoms with E-state index in [0.29, 0.717) is 18.8 Å². The Bertz CT molecular complexity index is 876. The molecule has 0 spiro atoms. The maximum atomic E-state index is 13.0. The third-order valence-electron chi connectivity index (χ3n) is 4.40. The number of benzene rings is 1. The predicted octanol–water partition coefficient (Wildman–Crippen LogP) is 3.26. The SMILES string of the molecule is Cc1cc(NC(=O)CN(CC2CCCO2)C(=O)c2cccc(C(F)(F)F)c2)no1. The van der Waals surface area contributed by atoms with Gasteiger partial charge in [-0.1, -0.05) is 11.2 Å². The van der Waals surface area contributed by atoms with Crippen LogP contribution >= 0.6 is 0 Å². The Labute approximate surface area is 164 Å². The highest BCUT2D eigenvalue weighted by molar-refractivity contribution is 5.99. The number of aromatic nitrogens is 1. The van der Waals surface area contributed by atoms with Crippen molar-refractivity contribution in [3.63, 3.8) is 0 Å². The maximum absolute atomic E-state index is 13.0. The quantitative estimate of drug-likeness (QED) is 0.789. The van der Waals surface area contributed by atoms with Crippen LogP contribution in [0.2, 0.25) is 0 Å². The van der Waals surface area contributed by atoms with Gasteiger partial charge in [0, 0.05) is 24.8 Å². The topological polar surface area (TPSA) is 84.7 Å². The van der Waals surface area contributed by atoms with E-state index < -0.39 is 23.6 Å². The summed E-state index contributed by atoms with van der Waals surface area (Å²) >= 11 is 0. The molecule has 1 aromatic heterocycles. The van der Waals surface area contributed by atoms with Crippen molar-refractivity contribution in [2.75, 3.05) is 25.0 Å². The van der Waals surface area contributed by atoms with E-state index in [1.807, 2.05) is 0 Å². The number of carbonyl (C=O) groups is 2. The van der Waals surface area contributed by atoms with Crippen molar-refractivity contribution in [2.45, 2.75) is 32.0 Å². The molecular weight excluding hydrogens is 391 g/mol. The lowest BCUT2D eigenvalue weighted by Crippen LogP contribution is -2.42. The van der Waals surface area contributed by atoms with Gasteiger partial charge in [-0.2, -0.15) is 13.2 Å². The molecule has 156 valence electrons. The van der Waals surface area contributed by atoms with Crippen LogP contribution in [0.15, 0.2) is 34.9 Å². The minimum Gasteiger partial charge on any atom is -0.376 e. The van der Waals surface area contributed by atoms with Gasteiger partial charge in [0.25, 0.3) is 5.91 Å². The van der Waals surface area contributed by atoms with Gasteiger partial charge in [0.1, 0.15) is 12.3 Å². The van der Waals surface area contributed by atoms with Crippen LogP contribution in [0.5, 0.6) is 0 Å². The molecule has 10 heteroatoms. The molecule has 29 heavy (non-hydrogen) atoms. The number of nitrogens with zero attached hydrogens (tertiary/aromatic N) is 2. The van der Waals surface area contributed by atoms with E-state index in [4.69, 9.17) is 9.26 Å². The molecule has 7 nitrogen and oxygen atoms in total. The molecule has 0 radical (unpaired) electrons. The first-order valence-electron chi connectivity index (χ1n) is 9.03. The number of aryl methyl sites for hydroxylation is 1. The second-order valence-corrected chi connectivity index (χ2v) is 6.77. The first-order chi connectivity index (χ1) is 13.7. The fraction of sp³-hybridized carbons (Fsp3) is 0.421. The van der Waals surface area contributed by atoms with Gasteiger partial charge >= 0.3 is 6.18 Å². The highest BCUT2D eigenvalue weighted by Crippen LogP contribution is 2.30. The van der Waals surface area contributed by atoms with Gasteiger partial charge in [-0.3, -0.25) is 9.59 Å². The number of carbonyl (C=O) groups excluding carboxylic acids is 2. The second kappa shape index (κ2) is 8.64. The molecule has 1 saturated heterocycles. The summed E-state index contributed by atoms with van der Waals surface area (Å²) < 4.78 is 49.4. The summed E-state index contributed by atoms with van der Waals surface area (Å²) in [5, 5.41) is 6.15. The summed E-state index contributed by atoms with van der Waals surface area (Å²) in [4.78, 5) is 26.4. The van der Waals surface area contributed by atoms with Gasteiger partial charge in [0.05, 0.1) is 11.7 Å². The Balaban J connectivity index is 1.76. The monoisotopic (exact) mass is 411 g/mol. The molecule has 0 saturated carbocycles. The molecule has 2 aromatic rings. The van der Waals surface area contributed by atoms with Crippen molar-refractivity contribution in [3.8, 4) is 0 Å². The van der Waals surface area contributed by atoms with E-state index in [1.165, 1.54) is 23.1 Å². The summed E-state index contributed by atoms with van der Waals surface area (Å²) in [6.07, 6.45) is -3.32.